The summed E-state index contributed by atoms with van der Waals surface area (Å²) in [5.74, 6) is 0. The number of rotatable bonds is 2. The summed E-state index contributed by atoms with van der Waals surface area (Å²) in [7, 11) is 0.745. The van der Waals surface area contributed by atoms with Crippen molar-refractivity contribution in [1.82, 2.24) is 0 Å². The van der Waals surface area contributed by atoms with Crippen LogP contribution in [0.1, 0.15) is 11.1 Å². The van der Waals surface area contributed by atoms with Crippen molar-refractivity contribution in [2.75, 3.05) is 5.50 Å². The average molecular weight is 183 g/mol. The highest BCUT2D eigenvalue weighted by atomic mass is 35.5. The van der Waals surface area contributed by atoms with Crippen molar-refractivity contribution in [3.05, 3.63) is 29.3 Å². The Hall–Kier alpha value is -0.273. The fourth-order valence-electron chi connectivity index (χ4n) is 0.929. The van der Waals surface area contributed by atoms with E-state index in [0.717, 1.165) is 15.0 Å². The molecule has 2 radical (unpaired) electrons. The molecular formula is C9H11ClSi. The van der Waals surface area contributed by atoms with Crippen molar-refractivity contribution < 1.29 is 0 Å². The van der Waals surface area contributed by atoms with Gasteiger partial charge in [0.25, 0.3) is 0 Å². The molecule has 0 heterocycles. The van der Waals surface area contributed by atoms with Crippen molar-refractivity contribution in [3.8, 4) is 0 Å². The first-order valence-electron chi connectivity index (χ1n) is 3.61. The molecule has 0 aliphatic carbocycles. The van der Waals surface area contributed by atoms with Crippen molar-refractivity contribution in [2.45, 2.75) is 13.8 Å². The monoisotopic (exact) mass is 182 g/mol. The van der Waals surface area contributed by atoms with Crippen LogP contribution in [0.2, 0.25) is 0 Å². The van der Waals surface area contributed by atoms with Gasteiger partial charge >= 0.3 is 0 Å². The van der Waals surface area contributed by atoms with Crippen LogP contribution in [0.4, 0.5) is 0 Å². The van der Waals surface area contributed by atoms with E-state index in [1.165, 1.54) is 16.3 Å². The van der Waals surface area contributed by atoms with E-state index in [2.05, 4.69) is 32.0 Å². The number of alkyl halides is 1. The van der Waals surface area contributed by atoms with Crippen molar-refractivity contribution in [2.24, 2.45) is 0 Å². The molecule has 0 nitrogen and oxygen atoms in total. The molecule has 0 aliphatic rings. The lowest BCUT2D eigenvalue weighted by Gasteiger charge is -2.01. The molecule has 0 saturated carbocycles. The van der Waals surface area contributed by atoms with E-state index < -0.39 is 0 Å². The van der Waals surface area contributed by atoms with Crippen LogP contribution in [0.5, 0.6) is 0 Å². The summed E-state index contributed by atoms with van der Waals surface area (Å²) in [5.41, 5.74) is 3.45. The summed E-state index contributed by atoms with van der Waals surface area (Å²) in [6.07, 6.45) is 0. The van der Waals surface area contributed by atoms with Gasteiger partial charge in [0.05, 0.1) is 9.52 Å². The van der Waals surface area contributed by atoms with Crippen LogP contribution in [0.3, 0.4) is 0 Å². The van der Waals surface area contributed by atoms with E-state index in [9.17, 15) is 0 Å². The van der Waals surface area contributed by atoms with Gasteiger partial charge in [-0.25, -0.2) is 0 Å². The average Bonchev–Trinajstić information content (AvgIpc) is 1.98. The van der Waals surface area contributed by atoms with Crippen LogP contribution in [0.15, 0.2) is 18.2 Å². The number of halogens is 1. The SMILES string of the molecule is Cc1ccc([Si]CCl)cc1C. The smallest absolute Gasteiger partial charge is 0.0988 e. The summed E-state index contributed by atoms with van der Waals surface area (Å²) in [6, 6.07) is 6.53. The van der Waals surface area contributed by atoms with Gasteiger partial charge in [0.15, 0.2) is 0 Å². The summed E-state index contributed by atoms with van der Waals surface area (Å²) >= 11 is 5.64. The summed E-state index contributed by atoms with van der Waals surface area (Å²) in [6.45, 7) is 4.26. The second kappa shape index (κ2) is 3.93. The Morgan fingerprint density at radius 3 is 2.55 bits per heavy atom. The first kappa shape index (κ1) is 8.82. The second-order valence-corrected chi connectivity index (χ2v) is 4.61. The topological polar surface area (TPSA) is 0 Å². The highest BCUT2D eigenvalue weighted by Crippen LogP contribution is 2.02. The number of hydrogen-bond acceptors (Lipinski definition) is 0. The lowest BCUT2D eigenvalue weighted by Crippen LogP contribution is -2.15. The Labute approximate surface area is 75.4 Å². The van der Waals surface area contributed by atoms with Gasteiger partial charge in [0, 0.05) is 5.50 Å². The van der Waals surface area contributed by atoms with Gasteiger partial charge in [-0.3, -0.25) is 0 Å². The molecule has 2 heteroatoms. The van der Waals surface area contributed by atoms with E-state index in [-0.39, 0.29) is 0 Å². The molecule has 58 valence electrons. The van der Waals surface area contributed by atoms with Gasteiger partial charge in [0.1, 0.15) is 0 Å². The number of benzene rings is 1. The molecule has 0 unspecified atom stereocenters. The van der Waals surface area contributed by atoms with Crippen molar-refractivity contribution in [3.63, 3.8) is 0 Å². The van der Waals surface area contributed by atoms with Gasteiger partial charge in [0.2, 0.25) is 0 Å². The second-order valence-electron chi connectivity index (χ2n) is 2.61. The van der Waals surface area contributed by atoms with E-state index in [0.29, 0.717) is 0 Å². The summed E-state index contributed by atoms with van der Waals surface area (Å²) in [4.78, 5) is 0. The van der Waals surface area contributed by atoms with Gasteiger partial charge in [-0.15, -0.1) is 11.6 Å². The van der Waals surface area contributed by atoms with Gasteiger partial charge in [-0.1, -0.05) is 23.4 Å². The van der Waals surface area contributed by atoms with Crippen LogP contribution in [-0.2, 0) is 0 Å². The molecular weight excluding hydrogens is 172 g/mol. The molecule has 0 fully saturated rings. The Morgan fingerprint density at radius 2 is 2.00 bits per heavy atom. The Bertz CT molecular complexity index is 245. The van der Waals surface area contributed by atoms with E-state index in [1.54, 1.807) is 0 Å². The van der Waals surface area contributed by atoms with Gasteiger partial charge in [-0.05, 0) is 25.0 Å². The third kappa shape index (κ3) is 2.35. The molecule has 0 atom stereocenters. The minimum atomic E-state index is 0.739. The van der Waals surface area contributed by atoms with Gasteiger partial charge < -0.3 is 0 Å². The predicted octanol–water partition coefficient (Wildman–Crippen LogP) is 1.83. The molecule has 0 N–H and O–H groups in total. The van der Waals surface area contributed by atoms with Crippen LogP contribution >= 0.6 is 11.6 Å². The molecule has 1 aromatic rings. The number of hydrogen-bond donors (Lipinski definition) is 0. The summed E-state index contributed by atoms with van der Waals surface area (Å²) in [5, 5.41) is 1.36. The minimum absolute atomic E-state index is 0.739. The standard InChI is InChI=1S/C9H11ClSi/c1-7-3-4-9(11-6-10)5-8(7)2/h3-5H,6H2,1-2H3. The molecule has 0 amide bonds. The maximum atomic E-state index is 5.64. The summed E-state index contributed by atoms with van der Waals surface area (Å²) < 4.78 is 0. The third-order valence-electron chi connectivity index (χ3n) is 1.78. The molecule has 1 rings (SSSR count). The zero-order valence-corrected chi connectivity index (χ0v) is 8.57. The quantitative estimate of drug-likeness (QED) is 0.484. The van der Waals surface area contributed by atoms with E-state index in [1.807, 2.05) is 0 Å². The van der Waals surface area contributed by atoms with Crippen LogP contribution in [0.25, 0.3) is 0 Å². The molecule has 0 saturated heterocycles. The fourth-order valence-corrected chi connectivity index (χ4v) is 2.07. The lowest BCUT2D eigenvalue weighted by molar-refractivity contribution is 1.35. The van der Waals surface area contributed by atoms with Gasteiger partial charge in [-0.2, -0.15) is 0 Å². The molecule has 0 aliphatic heterocycles. The maximum absolute atomic E-state index is 5.64. The first-order chi connectivity index (χ1) is 5.24. The van der Waals surface area contributed by atoms with Crippen LogP contribution < -0.4 is 5.19 Å². The zero-order valence-electron chi connectivity index (χ0n) is 6.82. The Balaban J connectivity index is 2.86. The maximum Gasteiger partial charge on any atom is 0.0988 e. The Morgan fingerprint density at radius 1 is 1.27 bits per heavy atom. The van der Waals surface area contributed by atoms with Crippen molar-refractivity contribution in [1.29, 1.82) is 0 Å². The largest absolute Gasteiger partial charge is 0.130 e. The molecule has 0 bridgehead atoms. The lowest BCUT2D eigenvalue weighted by atomic mass is 10.1. The Kier molecular flexibility index (Phi) is 3.15. The predicted molar refractivity (Wildman–Crippen MR) is 52.0 cm³/mol. The van der Waals surface area contributed by atoms with Crippen LogP contribution in [-0.4, -0.2) is 15.0 Å². The normalized spacial score (nSPS) is 10.1. The molecule has 0 aromatic heterocycles. The highest BCUT2D eigenvalue weighted by Gasteiger charge is 1.95. The van der Waals surface area contributed by atoms with E-state index in [4.69, 9.17) is 11.6 Å². The third-order valence-corrected chi connectivity index (χ3v) is 3.03. The van der Waals surface area contributed by atoms with Crippen molar-refractivity contribution >= 4 is 26.3 Å². The van der Waals surface area contributed by atoms with Crippen LogP contribution in [0, 0.1) is 13.8 Å². The fraction of sp³-hybridized carbons (Fsp3) is 0.333. The number of aryl methyl sites for hydroxylation is 2. The van der Waals surface area contributed by atoms with E-state index >= 15 is 0 Å². The molecule has 0 spiro atoms. The first-order valence-corrected chi connectivity index (χ1v) is 5.35. The molecule has 1 aromatic carbocycles. The minimum Gasteiger partial charge on any atom is -0.130 e. The zero-order chi connectivity index (χ0) is 8.27. The molecule has 11 heavy (non-hydrogen) atoms. The highest BCUT2D eigenvalue weighted by molar-refractivity contribution is 6.62.